The Labute approximate surface area is 101 Å². The third-order valence-electron chi connectivity index (χ3n) is 3.34. The summed E-state index contributed by atoms with van der Waals surface area (Å²) in [7, 11) is 0. The molecule has 0 heterocycles. The Morgan fingerprint density at radius 1 is 1.29 bits per heavy atom. The fourth-order valence-corrected chi connectivity index (χ4v) is 2.18. The largest absolute Gasteiger partial charge is 0.481 e. The van der Waals surface area contributed by atoms with Crippen LogP contribution in [-0.2, 0) is 19.1 Å². The molecule has 4 heteroatoms. The highest BCUT2D eigenvalue weighted by molar-refractivity contribution is 6.11. The summed E-state index contributed by atoms with van der Waals surface area (Å²) in [6.07, 6.45) is 3.46. The summed E-state index contributed by atoms with van der Waals surface area (Å²) in [5.74, 6) is 0.449. The van der Waals surface area contributed by atoms with Crippen LogP contribution < -0.4 is 0 Å². The second kappa shape index (κ2) is 5.78. The number of rotatable bonds is 6. The molecular weight excluding hydrogens is 220 g/mol. The number of carbonyl (C=O) groups is 2. The van der Waals surface area contributed by atoms with Crippen LogP contribution in [0.4, 0.5) is 0 Å². The van der Waals surface area contributed by atoms with Crippen LogP contribution in [-0.4, -0.2) is 24.1 Å². The Bertz CT molecular complexity index is 358. The van der Waals surface area contributed by atoms with Gasteiger partial charge in [-0.3, -0.25) is 9.59 Å². The molecule has 0 atom stereocenters. The van der Waals surface area contributed by atoms with Crippen molar-refractivity contribution in [1.82, 2.24) is 0 Å². The van der Waals surface area contributed by atoms with Gasteiger partial charge in [-0.25, -0.2) is 4.79 Å². The second-order valence-corrected chi connectivity index (χ2v) is 4.66. The highest BCUT2D eigenvalue weighted by Gasteiger charge is 2.37. The molecule has 4 nitrogen and oxygen atoms in total. The number of Topliss-reactive ketones (excluding diaryl/α,β-unsaturated/α-hetero) is 2. The van der Waals surface area contributed by atoms with Gasteiger partial charge in [0.15, 0.2) is 5.94 Å². The summed E-state index contributed by atoms with van der Waals surface area (Å²) in [5, 5.41) is 0. The van der Waals surface area contributed by atoms with Gasteiger partial charge in [0.05, 0.1) is 13.0 Å². The molecule has 1 rings (SSSR count). The van der Waals surface area contributed by atoms with E-state index < -0.39 is 11.2 Å². The zero-order valence-corrected chi connectivity index (χ0v) is 10.4. The van der Waals surface area contributed by atoms with Crippen LogP contribution >= 0.6 is 0 Å². The maximum atomic E-state index is 12.0. The molecule has 17 heavy (non-hydrogen) atoms. The van der Waals surface area contributed by atoms with Crippen molar-refractivity contribution in [1.29, 1.82) is 0 Å². The molecule has 1 saturated carbocycles. The first-order valence-corrected chi connectivity index (χ1v) is 5.98. The molecule has 0 amide bonds. The fraction of sp³-hybridized carbons (Fsp3) is 0.692. The molecule has 0 N–H and O–H groups in total. The first-order chi connectivity index (χ1) is 8.03. The monoisotopic (exact) mass is 238 g/mol. The van der Waals surface area contributed by atoms with Gasteiger partial charge in [0, 0.05) is 5.41 Å². The van der Waals surface area contributed by atoms with E-state index in [1.807, 2.05) is 6.92 Å². The van der Waals surface area contributed by atoms with Crippen LogP contribution in [0.15, 0.2) is 5.76 Å². The van der Waals surface area contributed by atoms with Gasteiger partial charge in [0.25, 0.3) is 0 Å². The molecule has 0 aromatic carbocycles. The molecule has 0 aliphatic heterocycles. The van der Waals surface area contributed by atoms with Gasteiger partial charge in [0.2, 0.25) is 11.5 Å². The van der Waals surface area contributed by atoms with Crippen molar-refractivity contribution in [2.75, 3.05) is 6.61 Å². The van der Waals surface area contributed by atoms with E-state index in [0.29, 0.717) is 0 Å². The van der Waals surface area contributed by atoms with Crippen LogP contribution in [0.5, 0.6) is 0 Å². The molecule has 1 fully saturated rings. The van der Waals surface area contributed by atoms with Crippen molar-refractivity contribution in [2.24, 2.45) is 5.41 Å². The molecule has 0 saturated heterocycles. The van der Waals surface area contributed by atoms with E-state index in [1.54, 1.807) is 6.92 Å². The highest BCUT2D eigenvalue weighted by atomic mass is 16.5. The van der Waals surface area contributed by atoms with Crippen LogP contribution in [0.3, 0.4) is 0 Å². The Morgan fingerprint density at radius 2 is 1.88 bits per heavy atom. The van der Waals surface area contributed by atoms with Gasteiger partial charge in [-0.1, -0.05) is 19.8 Å². The normalized spacial score (nSPS) is 17.3. The second-order valence-electron chi connectivity index (χ2n) is 4.66. The van der Waals surface area contributed by atoms with Crippen LogP contribution in [0.25, 0.3) is 0 Å². The van der Waals surface area contributed by atoms with Crippen molar-refractivity contribution in [2.45, 2.75) is 46.0 Å². The summed E-state index contributed by atoms with van der Waals surface area (Å²) in [6, 6.07) is 0. The first-order valence-electron chi connectivity index (χ1n) is 5.98. The standard InChI is InChI=1S/C13H18O4/c1-3-17-11(9-14)10(15)8-12(16)13(2)6-4-5-7-13/h3-8H2,1-2H3. The number of ether oxygens (including phenoxy) is 1. The maximum absolute atomic E-state index is 12.0. The maximum Gasteiger partial charge on any atom is 0.248 e. The van der Waals surface area contributed by atoms with E-state index in [1.165, 1.54) is 5.94 Å². The zero-order valence-electron chi connectivity index (χ0n) is 10.4. The van der Waals surface area contributed by atoms with Crippen LogP contribution in [0, 0.1) is 5.41 Å². The van der Waals surface area contributed by atoms with E-state index in [0.717, 1.165) is 25.7 Å². The van der Waals surface area contributed by atoms with Crippen molar-refractivity contribution in [3.63, 3.8) is 0 Å². The summed E-state index contributed by atoms with van der Waals surface area (Å²) >= 11 is 0. The van der Waals surface area contributed by atoms with Crippen molar-refractivity contribution < 1.29 is 19.1 Å². The quantitative estimate of drug-likeness (QED) is 0.306. The third kappa shape index (κ3) is 3.27. The average molecular weight is 238 g/mol. The van der Waals surface area contributed by atoms with Crippen molar-refractivity contribution in [3.05, 3.63) is 5.76 Å². The van der Waals surface area contributed by atoms with E-state index in [4.69, 9.17) is 4.74 Å². The molecule has 0 unspecified atom stereocenters. The summed E-state index contributed by atoms with van der Waals surface area (Å²) < 4.78 is 4.84. The number of hydrogen-bond donors (Lipinski definition) is 0. The van der Waals surface area contributed by atoms with Crippen molar-refractivity contribution >= 4 is 17.5 Å². The molecule has 0 bridgehead atoms. The van der Waals surface area contributed by atoms with Gasteiger partial charge in [-0.2, -0.15) is 0 Å². The molecule has 1 aliphatic carbocycles. The molecule has 0 aromatic heterocycles. The van der Waals surface area contributed by atoms with E-state index in [2.05, 4.69) is 0 Å². The molecular formula is C13H18O4. The summed E-state index contributed by atoms with van der Waals surface area (Å²) in [4.78, 5) is 34.1. The number of hydrogen-bond acceptors (Lipinski definition) is 4. The lowest BCUT2D eigenvalue weighted by atomic mass is 9.82. The topological polar surface area (TPSA) is 60.4 Å². The summed E-state index contributed by atoms with van der Waals surface area (Å²) in [6.45, 7) is 3.78. The molecule has 0 aromatic rings. The number of carbonyl (C=O) groups excluding carboxylic acids is 3. The molecule has 0 spiro atoms. The van der Waals surface area contributed by atoms with E-state index in [9.17, 15) is 14.4 Å². The fourth-order valence-electron chi connectivity index (χ4n) is 2.18. The van der Waals surface area contributed by atoms with Crippen molar-refractivity contribution in [3.8, 4) is 0 Å². The smallest absolute Gasteiger partial charge is 0.248 e. The van der Waals surface area contributed by atoms with E-state index >= 15 is 0 Å². The SMILES string of the molecule is CCOC(=C=O)C(=O)CC(=O)C1(C)CCCC1. The summed E-state index contributed by atoms with van der Waals surface area (Å²) in [5.41, 5.74) is -0.393. The van der Waals surface area contributed by atoms with Gasteiger partial charge < -0.3 is 4.74 Å². The molecule has 1 aliphatic rings. The minimum absolute atomic E-state index is 0.0903. The minimum atomic E-state index is -0.556. The lowest BCUT2D eigenvalue weighted by Gasteiger charge is -2.20. The molecule has 94 valence electrons. The first kappa shape index (κ1) is 13.7. The predicted octanol–water partition coefficient (Wildman–Crippen LogP) is 1.85. The Hall–Kier alpha value is -1.41. The van der Waals surface area contributed by atoms with Crippen LogP contribution in [0.2, 0.25) is 0 Å². The Balaban J connectivity index is 2.62. The minimum Gasteiger partial charge on any atom is -0.481 e. The van der Waals surface area contributed by atoms with Crippen LogP contribution in [0.1, 0.15) is 46.0 Å². The Kier molecular flexibility index (Phi) is 4.64. The number of ketones is 2. The van der Waals surface area contributed by atoms with Gasteiger partial charge in [-0.05, 0) is 19.8 Å². The van der Waals surface area contributed by atoms with E-state index in [-0.39, 0.29) is 24.6 Å². The number of allylic oxidation sites excluding steroid dienone is 1. The highest BCUT2D eigenvalue weighted by Crippen LogP contribution is 2.39. The molecule has 0 radical (unpaired) electrons. The zero-order chi connectivity index (χ0) is 12.9. The average Bonchev–Trinajstić information content (AvgIpc) is 2.74. The third-order valence-corrected chi connectivity index (χ3v) is 3.34. The predicted molar refractivity (Wildman–Crippen MR) is 62.0 cm³/mol. The van der Waals surface area contributed by atoms with Gasteiger partial charge >= 0.3 is 0 Å². The van der Waals surface area contributed by atoms with Gasteiger partial charge in [0.1, 0.15) is 5.78 Å². The lowest BCUT2D eigenvalue weighted by molar-refractivity contribution is -0.132. The van der Waals surface area contributed by atoms with Gasteiger partial charge in [-0.15, -0.1) is 0 Å². The lowest BCUT2D eigenvalue weighted by Crippen LogP contribution is -2.27. The Morgan fingerprint density at radius 3 is 2.35 bits per heavy atom.